The molecule has 1 aromatic carbocycles. The van der Waals surface area contributed by atoms with Gasteiger partial charge in [-0.25, -0.2) is 4.79 Å². The summed E-state index contributed by atoms with van der Waals surface area (Å²) in [5.74, 6) is 0. The van der Waals surface area contributed by atoms with Crippen LogP contribution in [0.1, 0.15) is 63.6 Å². The second-order valence-electron chi connectivity index (χ2n) is 7.54. The molecule has 1 saturated heterocycles. The van der Waals surface area contributed by atoms with Gasteiger partial charge in [-0.1, -0.05) is 43.2 Å². The van der Waals surface area contributed by atoms with Gasteiger partial charge in [0.25, 0.3) is 0 Å². The van der Waals surface area contributed by atoms with Crippen LogP contribution in [0.15, 0.2) is 36.9 Å². The maximum Gasteiger partial charge on any atom is 0.410 e. The number of ether oxygens (including phenoxy) is 2. The molecule has 1 aliphatic rings. The Morgan fingerprint density at radius 1 is 1.28 bits per heavy atom. The Balaban J connectivity index is 2.26. The van der Waals surface area contributed by atoms with Crippen LogP contribution in [-0.4, -0.2) is 29.7 Å². The predicted octanol–water partition coefficient (Wildman–Crippen LogP) is 5.24. The van der Waals surface area contributed by atoms with Gasteiger partial charge in [0, 0.05) is 6.54 Å². The van der Waals surface area contributed by atoms with Gasteiger partial charge >= 0.3 is 6.09 Å². The Hall–Kier alpha value is -1.81. The fourth-order valence-corrected chi connectivity index (χ4v) is 3.21. The standard InChI is InChI=1S/C21H31NO3/c1-5-15-24-16-17-11-8-9-12-18(17)19-13-7-6-10-14-22(19)20(23)25-21(2,3)4/h5,8-9,11-12,19H,1,6-7,10,13-16H2,2-4H3. The van der Waals surface area contributed by atoms with Gasteiger partial charge in [-0.3, -0.25) is 0 Å². The second kappa shape index (κ2) is 9.04. The summed E-state index contributed by atoms with van der Waals surface area (Å²) in [6.07, 6.45) is 5.77. The smallest absolute Gasteiger partial charge is 0.410 e. The van der Waals surface area contributed by atoms with E-state index < -0.39 is 5.60 Å². The van der Waals surface area contributed by atoms with E-state index in [4.69, 9.17) is 9.47 Å². The summed E-state index contributed by atoms with van der Waals surface area (Å²) in [6.45, 7) is 11.2. The molecule has 0 spiro atoms. The van der Waals surface area contributed by atoms with E-state index in [1.54, 1.807) is 6.08 Å². The van der Waals surface area contributed by atoms with Gasteiger partial charge in [0.15, 0.2) is 0 Å². The van der Waals surface area contributed by atoms with Gasteiger partial charge in [-0.2, -0.15) is 0 Å². The van der Waals surface area contributed by atoms with Crippen LogP contribution in [0.25, 0.3) is 0 Å². The zero-order valence-corrected chi connectivity index (χ0v) is 15.8. The largest absolute Gasteiger partial charge is 0.444 e. The number of hydrogen-bond donors (Lipinski definition) is 0. The van der Waals surface area contributed by atoms with Crippen molar-refractivity contribution in [2.24, 2.45) is 0 Å². The van der Waals surface area contributed by atoms with E-state index in [1.807, 2.05) is 37.8 Å². The fraction of sp³-hybridized carbons (Fsp3) is 0.571. The summed E-state index contributed by atoms with van der Waals surface area (Å²) in [4.78, 5) is 14.7. The van der Waals surface area contributed by atoms with Gasteiger partial charge in [-0.05, 0) is 44.7 Å². The first-order valence-corrected chi connectivity index (χ1v) is 9.18. The summed E-state index contributed by atoms with van der Waals surface area (Å²) in [6, 6.07) is 8.28. The highest BCUT2D eigenvalue weighted by Crippen LogP contribution is 2.33. The second-order valence-corrected chi connectivity index (χ2v) is 7.54. The van der Waals surface area contributed by atoms with E-state index in [9.17, 15) is 4.79 Å². The molecule has 1 aliphatic heterocycles. The Morgan fingerprint density at radius 2 is 2.04 bits per heavy atom. The normalized spacial score (nSPS) is 18.5. The molecule has 1 unspecified atom stereocenters. The van der Waals surface area contributed by atoms with Crippen molar-refractivity contribution in [3.63, 3.8) is 0 Å². The monoisotopic (exact) mass is 345 g/mol. The van der Waals surface area contributed by atoms with Crippen molar-refractivity contribution in [2.45, 2.75) is 64.7 Å². The molecule has 0 saturated carbocycles. The topological polar surface area (TPSA) is 38.8 Å². The van der Waals surface area contributed by atoms with E-state index >= 15 is 0 Å². The summed E-state index contributed by atoms with van der Waals surface area (Å²) < 4.78 is 11.3. The molecule has 1 fully saturated rings. The molecule has 0 radical (unpaired) electrons. The van der Waals surface area contributed by atoms with Gasteiger partial charge in [-0.15, -0.1) is 6.58 Å². The molecule has 2 rings (SSSR count). The number of likely N-dealkylation sites (tertiary alicyclic amines) is 1. The number of benzene rings is 1. The van der Waals surface area contributed by atoms with E-state index in [2.05, 4.69) is 18.7 Å². The first-order valence-electron chi connectivity index (χ1n) is 9.18. The molecule has 25 heavy (non-hydrogen) atoms. The predicted molar refractivity (Wildman–Crippen MR) is 100 cm³/mol. The molecule has 1 heterocycles. The minimum atomic E-state index is -0.486. The molecule has 1 atom stereocenters. The molecule has 1 amide bonds. The average Bonchev–Trinajstić information content (AvgIpc) is 2.80. The van der Waals surface area contributed by atoms with Crippen LogP contribution >= 0.6 is 0 Å². The quantitative estimate of drug-likeness (QED) is 0.541. The minimum Gasteiger partial charge on any atom is -0.444 e. The first kappa shape index (κ1) is 19.5. The molecule has 0 aliphatic carbocycles. The molecule has 0 N–H and O–H groups in total. The van der Waals surface area contributed by atoms with Crippen LogP contribution in [0.2, 0.25) is 0 Å². The maximum atomic E-state index is 12.8. The van der Waals surface area contributed by atoms with Crippen LogP contribution < -0.4 is 0 Å². The summed E-state index contributed by atoms with van der Waals surface area (Å²) >= 11 is 0. The van der Waals surface area contributed by atoms with Crippen LogP contribution in [0.3, 0.4) is 0 Å². The lowest BCUT2D eigenvalue weighted by molar-refractivity contribution is 0.0160. The van der Waals surface area contributed by atoms with Crippen molar-refractivity contribution in [2.75, 3.05) is 13.2 Å². The number of amides is 1. The van der Waals surface area contributed by atoms with E-state index in [0.717, 1.165) is 37.8 Å². The molecule has 0 aromatic heterocycles. The van der Waals surface area contributed by atoms with Gasteiger partial charge in [0.05, 0.1) is 19.3 Å². The highest BCUT2D eigenvalue weighted by Gasteiger charge is 2.31. The van der Waals surface area contributed by atoms with Crippen molar-refractivity contribution in [3.05, 3.63) is 48.0 Å². The molecular formula is C21H31NO3. The highest BCUT2D eigenvalue weighted by molar-refractivity contribution is 5.69. The van der Waals surface area contributed by atoms with Crippen molar-refractivity contribution in [1.29, 1.82) is 0 Å². The van der Waals surface area contributed by atoms with Crippen LogP contribution in [0, 0.1) is 0 Å². The third kappa shape index (κ3) is 5.89. The van der Waals surface area contributed by atoms with E-state index in [-0.39, 0.29) is 12.1 Å². The number of hydrogen-bond acceptors (Lipinski definition) is 3. The summed E-state index contributed by atoms with van der Waals surface area (Å²) in [7, 11) is 0. The Kier molecular flexibility index (Phi) is 7.06. The number of carbonyl (C=O) groups excluding carboxylic acids is 1. The Labute approximate surface area is 151 Å². The maximum absolute atomic E-state index is 12.8. The average molecular weight is 345 g/mol. The van der Waals surface area contributed by atoms with Gasteiger partial charge in [0.1, 0.15) is 5.60 Å². The molecule has 138 valence electrons. The zero-order chi connectivity index (χ0) is 18.3. The minimum absolute atomic E-state index is 0.0425. The van der Waals surface area contributed by atoms with Crippen LogP contribution in [0.5, 0.6) is 0 Å². The molecule has 0 bridgehead atoms. The summed E-state index contributed by atoms with van der Waals surface area (Å²) in [5.41, 5.74) is 1.81. The molecule has 4 nitrogen and oxygen atoms in total. The van der Waals surface area contributed by atoms with Gasteiger partial charge < -0.3 is 14.4 Å². The SMILES string of the molecule is C=CCOCc1ccccc1C1CCCCCN1C(=O)OC(C)(C)C. The number of rotatable bonds is 5. The molecular weight excluding hydrogens is 314 g/mol. The van der Waals surface area contributed by atoms with Crippen LogP contribution in [-0.2, 0) is 16.1 Å². The fourth-order valence-electron chi connectivity index (χ4n) is 3.21. The van der Waals surface area contributed by atoms with E-state index in [0.29, 0.717) is 13.2 Å². The Bertz CT molecular complexity index is 577. The van der Waals surface area contributed by atoms with Gasteiger partial charge in [0.2, 0.25) is 0 Å². The third-order valence-electron chi connectivity index (χ3n) is 4.29. The lowest BCUT2D eigenvalue weighted by atomic mass is 9.96. The number of carbonyl (C=O) groups is 1. The van der Waals surface area contributed by atoms with Crippen LogP contribution in [0.4, 0.5) is 4.79 Å². The first-order chi connectivity index (χ1) is 11.9. The van der Waals surface area contributed by atoms with Crippen molar-refractivity contribution in [1.82, 2.24) is 4.90 Å². The molecule has 4 heteroatoms. The molecule has 1 aromatic rings. The Morgan fingerprint density at radius 3 is 2.76 bits per heavy atom. The lowest BCUT2D eigenvalue weighted by Crippen LogP contribution is -2.39. The highest BCUT2D eigenvalue weighted by atomic mass is 16.6. The van der Waals surface area contributed by atoms with Crippen molar-refractivity contribution >= 4 is 6.09 Å². The van der Waals surface area contributed by atoms with E-state index in [1.165, 1.54) is 5.56 Å². The van der Waals surface area contributed by atoms with Crippen molar-refractivity contribution in [3.8, 4) is 0 Å². The zero-order valence-electron chi connectivity index (χ0n) is 15.8. The third-order valence-corrected chi connectivity index (χ3v) is 4.29. The van der Waals surface area contributed by atoms with Crippen molar-refractivity contribution < 1.29 is 14.3 Å². The number of nitrogens with zero attached hydrogens (tertiary/aromatic N) is 1. The lowest BCUT2D eigenvalue weighted by Gasteiger charge is -2.33. The summed E-state index contributed by atoms with van der Waals surface area (Å²) in [5, 5.41) is 0.